The van der Waals surface area contributed by atoms with E-state index in [0.717, 1.165) is 74.1 Å². The predicted octanol–water partition coefficient (Wildman–Crippen LogP) is 8.35. The number of thioether (sulfide) groups is 1. The van der Waals surface area contributed by atoms with Crippen molar-refractivity contribution in [3.63, 3.8) is 0 Å². The Morgan fingerprint density at radius 2 is 1.46 bits per heavy atom. The Hall–Kier alpha value is -4.14. The molecule has 3 aromatic carbocycles. The zero-order valence-electron chi connectivity index (χ0n) is 33.4. The summed E-state index contributed by atoms with van der Waals surface area (Å²) in [5.74, 6) is 0.404. The largest absolute Gasteiger partial charge is 0.748 e. The van der Waals surface area contributed by atoms with Crippen LogP contribution in [0.4, 0.5) is 11.4 Å². The molecule has 0 amide bonds. The van der Waals surface area contributed by atoms with Crippen LogP contribution in [0.25, 0.3) is 0 Å². The first-order chi connectivity index (χ1) is 26.9. The normalized spacial score (nSPS) is 19.2. The lowest BCUT2D eigenvalue weighted by Gasteiger charge is -2.28. The molecule has 0 N–H and O–H groups in total. The molecule has 0 atom stereocenters. The summed E-state index contributed by atoms with van der Waals surface area (Å²) in [6.45, 7) is 9.45. The first-order valence-electron chi connectivity index (χ1n) is 19.2. The van der Waals surface area contributed by atoms with Crippen molar-refractivity contribution >= 4 is 49.1 Å². The summed E-state index contributed by atoms with van der Waals surface area (Å²) in [4.78, 5) is 4.23. The van der Waals surface area contributed by atoms with Crippen LogP contribution in [0.1, 0.15) is 70.9 Å². The Morgan fingerprint density at radius 3 is 2.16 bits per heavy atom. The second-order valence-corrected chi connectivity index (χ2v) is 19.7. The van der Waals surface area contributed by atoms with Crippen LogP contribution in [-0.2, 0) is 31.1 Å². The second kappa shape index (κ2) is 17.0. The van der Waals surface area contributed by atoms with E-state index in [-0.39, 0.29) is 23.7 Å². The smallest absolute Gasteiger partial charge is 0.209 e. The van der Waals surface area contributed by atoms with E-state index >= 15 is 0 Å². The fourth-order valence-electron chi connectivity index (χ4n) is 8.27. The van der Waals surface area contributed by atoms with Gasteiger partial charge >= 0.3 is 0 Å². The molecule has 0 aromatic heterocycles. The van der Waals surface area contributed by atoms with Gasteiger partial charge in [-0.3, -0.25) is 0 Å². The second-order valence-electron chi connectivity index (χ2n) is 15.6. The molecule has 0 radical (unpaired) electrons. The van der Waals surface area contributed by atoms with Gasteiger partial charge in [0.25, 0.3) is 0 Å². The van der Waals surface area contributed by atoms with E-state index < -0.39 is 31.7 Å². The molecule has 0 spiro atoms. The Morgan fingerprint density at radius 1 is 0.789 bits per heavy atom. The fourth-order valence-corrected chi connectivity index (χ4v) is 10.4. The fraction of sp³-hybridized carbons (Fsp3) is 0.386. The number of ether oxygens (including phenoxy) is 2. The predicted molar refractivity (Wildman–Crippen MR) is 226 cm³/mol. The molecule has 2 heterocycles. The van der Waals surface area contributed by atoms with E-state index in [2.05, 4.69) is 73.6 Å². The van der Waals surface area contributed by atoms with Gasteiger partial charge in [0.1, 0.15) is 6.54 Å². The lowest BCUT2D eigenvalue weighted by molar-refractivity contribution is -0.437. The summed E-state index contributed by atoms with van der Waals surface area (Å²) in [5, 5.41) is 0. The van der Waals surface area contributed by atoms with Gasteiger partial charge in [0, 0.05) is 68.8 Å². The van der Waals surface area contributed by atoms with Crippen LogP contribution < -0.4 is 14.4 Å². The highest BCUT2D eigenvalue weighted by Crippen LogP contribution is 2.49. The van der Waals surface area contributed by atoms with Crippen LogP contribution in [-0.4, -0.2) is 75.0 Å². The number of hydrogen-bond donors (Lipinski definition) is 0. The maximum atomic E-state index is 11.6. The van der Waals surface area contributed by atoms with Crippen molar-refractivity contribution in [2.75, 3.05) is 43.7 Å². The summed E-state index contributed by atoms with van der Waals surface area (Å²) in [6.07, 6.45) is 11.7. The molecular formula is C44H51N2O8S3-. The molecular weight excluding hydrogens is 781 g/mol. The van der Waals surface area contributed by atoms with Gasteiger partial charge in [-0.05, 0) is 86.6 Å². The molecule has 6 rings (SSSR count). The lowest BCUT2D eigenvalue weighted by atomic mass is 9.81. The number of fused-ring (bicyclic) bond motifs is 2. The van der Waals surface area contributed by atoms with Crippen molar-refractivity contribution in [2.24, 2.45) is 0 Å². The molecule has 304 valence electrons. The van der Waals surface area contributed by atoms with Crippen LogP contribution in [0.2, 0.25) is 0 Å². The zero-order chi connectivity index (χ0) is 41.2. The Bertz CT molecular complexity index is 2410. The number of hydrogen-bond acceptors (Lipinski definition) is 10. The van der Waals surface area contributed by atoms with Crippen molar-refractivity contribution in [2.45, 2.75) is 75.5 Å². The molecule has 0 unspecified atom stereocenters. The number of methoxy groups -OCH3 is 2. The average molecular weight is 832 g/mol. The molecule has 0 fully saturated rings. The third-order valence-corrected chi connectivity index (χ3v) is 13.9. The molecule has 13 heteroatoms. The third-order valence-electron chi connectivity index (χ3n) is 11.1. The standard InChI is InChI=1S/C44H52N2O8S3/c1-43(2)34-16-7-9-18-36(34)45(26-12-28-56(47,48)49)40(43)24-20-31-14-11-15-32(42(31)55-33-22-23-38(53-5)39(30-33)54-6)21-25-41-44(3,4)35-17-8-10-19-37(35)46(41)27-13-29-57(50,51)52/h7-10,16-25,30H,11-15,26-29H2,1-6H3,(H-,47,48,49,50,51,52)/p-1. The minimum Gasteiger partial charge on any atom is -0.748 e. The van der Waals surface area contributed by atoms with Crippen molar-refractivity contribution in [3.05, 3.63) is 124 Å². The van der Waals surface area contributed by atoms with E-state index in [0.29, 0.717) is 24.6 Å². The van der Waals surface area contributed by atoms with Gasteiger partial charge in [0.05, 0.1) is 39.9 Å². The molecule has 2 aliphatic heterocycles. The molecule has 1 aliphatic carbocycles. The van der Waals surface area contributed by atoms with Crippen molar-refractivity contribution in [1.82, 2.24) is 0 Å². The average Bonchev–Trinajstić information content (AvgIpc) is 3.50. The van der Waals surface area contributed by atoms with Gasteiger partial charge < -0.3 is 23.5 Å². The first-order valence-corrected chi connectivity index (χ1v) is 23.1. The van der Waals surface area contributed by atoms with Gasteiger partial charge in [0.2, 0.25) is 5.69 Å². The maximum absolute atomic E-state index is 11.6. The molecule has 10 nitrogen and oxygen atoms in total. The Labute approximate surface area is 342 Å². The van der Waals surface area contributed by atoms with Crippen LogP contribution in [0.5, 0.6) is 11.5 Å². The number of allylic oxidation sites excluding steroid dienone is 7. The van der Waals surface area contributed by atoms with Gasteiger partial charge in [-0.1, -0.05) is 74.2 Å². The monoisotopic (exact) mass is 831 g/mol. The van der Waals surface area contributed by atoms with Crippen molar-refractivity contribution < 1.29 is 40.0 Å². The third kappa shape index (κ3) is 9.44. The number of nitrogens with zero attached hydrogens (tertiary/aromatic N) is 2. The minimum atomic E-state index is -4.35. The van der Waals surface area contributed by atoms with E-state index in [1.807, 2.05) is 54.6 Å². The van der Waals surface area contributed by atoms with Gasteiger partial charge in [0.15, 0.2) is 17.2 Å². The number of rotatable bonds is 15. The summed E-state index contributed by atoms with van der Waals surface area (Å²) in [7, 11) is -5.47. The summed E-state index contributed by atoms with van der Waals surface area (Å²) in [6, 6.07) is 22.2. The highest BCUT2D eigenvalue weighted by atomic mass is 32.2. The van der Waals surface area contributed by atoms with E-state index in [4.69, 9.17) is 9.47 Å². The van der Waals surface area contributed by atoms with Gasteiger partial charge in [-0.25, -0.2) is 16.8 Å². The number of benzene rings is 3. The van der Waals surface area contributed by atoms with Crippen molar-refractivity contribution in [3.8, 4) is 11.5 Å². The van der Waals surface area contributed by atoms with Crippen molar-refractivity contribution in [1.29, 1.82) is 0 Å². The lowest BCUT2D eigenvalue weighted by Crippen LogP contribution is -2.28. The molecule has 0 bridgehead atoms. The highest BCUT2D eigenvalue weighted by Gasteiger charge is 2.44. The zero-order valence-corrected chi connectivity index (χ0v) is 35.9. The van der Waals surface area contributed by atoms with Gasteiger partial charge in [-0.15, -0.1) is 0 Å². The molecule has 0 saturated carbocycles. The highest BCUT2D eigenvalue weighted by molar-refractivity contribution is 8.03. The summed E-state index contributed by atoms with van der Waals surface area (Å²) < 4.78 is 82.7. The molecule has 3 aromatic rings. The van der Waals surface area contributed by atoms with Crippen LogP contribution in [0.3, 0.4) is 0 Å². The first kappa shape index (κ1) is 42.5. The molecule has 57 heavy (non-hydrogen) atoms. The SMILES string of the molecule is COc1ccc(SC2=C(/C=C/C3=[N+](CCCS(=O)(=O)[O-])c4ccccc4C3(C)C)CCC/C2=C\C=C2/N(CCCS(=O)(=O)[O-])c3ccccc3C2(C)C)cc1OC. The Balaban J connectivity index is 1.46. The van der Waals surface area contributed by atoms with Crippen LogP contribution in [0, 0.1) is 0 Å². The molecule has 0 saturated heterocycles. The molecule has 3 aliphatic rings. The summed E-state index contributed by atoms with van der Waals surface area (Å²) >= 11 is 1.66. The Kier molecular flexibility index (Phi) is 12.7. The maximum Gasteiger partial charge on any atom is 0.209 e. The van der Waals surface area contributed by atoms with E-state index in [9.17, 15) is 25.9 Å². The van der Waals surface area contributed by atoms with E-state index in [1.54, 1.807) is 26.0 Å². The van der Waals surface area contributed by atoms with Crippen LogP contribution in [0.15, 0.2) is 118 Å². The summed E-state index contributed by atoms with van der Waals surface area (Å²) in [5.41, 5.74) is 7.88. The quantitative estimate of drug-likeness (QED) is 0.109. The van der Waals surface area contributed by atoms with Crippen LogP contribution >= 0.6 is 11.8 Å². The number of anilines is 1. The van der Waals surface area contributed by atoms with E-state index in [1.165, 1.54) is 0 Å². The van der Waals surface area contributed by atoms with Gasteiger partial charge in [-0.2, -0.15) is 4.58 Å². The minimum absolute atomic E-state index is 0.210. The number of para-hydroxylation sites is 2. The topological polar surface area (TPSA) is 139 Å².